The van der Waals surface area contributed by atoms with E-state index in [2.05, 4.69) is 20.9 Å². The molecule has 2 aromatic rings. The van der Waals surface area contributed by atoms with E-state index in [0.29, 0.717) is 17.6 Å². The number of nitrogens with one attached hydrogen (secondary N) is 2. The molecule has 1 fully saturated rings. The average molecular weight is 452 g/mol. The molecule has 1 aliphatic heterocycles. The molecule has 2 aliphatic rings. The van der Waals surface area contributed by atoms with Crippen LogP contribution in [0.15, 0.2) is 34.3 Å². The molecule has 0 unspecified atom stereocenters. The number of nitrogens with zero attached hydrogens (tertiary/aromatic N) is 2. The summed E-state index contributed by atoms with van der Waals surface area (Å²) >= 11 is 0. The zero-order valence-corrected chi connectivity index (χ0v) is 18.2. The molecular weight excluding hydrogens is 424 g/mol. The highest BCUT2D eigenvalue weighted by atomic mass is 32.2. The number of amidine groups is 1. The molecule has 1 aromatic carbocycles. The van der Waals surface area contributed by atoms with Crippen molar-refractivity contribution in [2.24, 2.45) is 4.99 Å². The Hall–Kier alpha value is -2.46. The molecule has 0 atom stereocenters. The van der Waals surface area contributed by atoms with Gasteiger partial charge in [-0.2, -0.15) is 0 Å². The molecule has 0 spiro atoms. The van der Waals surface area contributed by atoms with Crippen molar-refractivity contribution in [2.45, 2.75) is 44.7 Å². The second-order valence-electron chi connectivity index (χ2n) is 8.14. The second kappa shape index (κ2) is 8.58. The number of benzene rings is 1. The number of hydrogen-bond acceptors (Lipinski definition) is 5. The van der Waals surface area contributed by atoms with Gasteiger partial charge in [-0.25, -0.2) is 21.9 Å². The zero-order valence-electron chi connectivity index (χ0n) is 17.4. The summed E-state index contributed by atoms with van der Waals surface area (Å²) < 4.78 is 54.6. The minimum absolute atomic E-state index is 0.0823. The summed E-state index contributed by atoms with van der Waals surface area (Å²) in [6, 6.07) is 5.02. The first-order valence-corrected chi connectivity index (χ1v) is 11.9. The van der Waals surface area contributed by atoms with E-state index in [1.165, 1.54) is 6.20 Å². The van der Waals surface area contributed by atoms with Crippen molar-refractivity contribution in [1.29, 1.82) is 0 Å². The van der Waals surface area contributed by atoms with Gasteiger partial charge >= 0.3 is 0 Å². The van der Waals surface area contributed by atoms with E-state index in [0.717, 1.165) is 47.8 Å². The van der Waals surface area contributed by atoms with Gasteiger partial charge in [0, 0.05) is 17.6 Å². The fourth-order valence-electron chi connectivity index (χ4n) is 4.33. The van der Waals surface area contributed by atoms with Gasteiger partial charge in [-0.1, -0.05) is 25.0 Å². The third kappa shape index (κ3) is 4.06. The minimum atomic E-state index is -4.06. The van der Waals surface area contributed by atoms with Crippen LogP contribution >= 0.6 is 0 Å². The number of aryl methyl sites for hydroxylation is 1. The number of hydrogen-bond donors (Lipinski definition) is 3. The zero-order chi connectivity index (χ0) is 22.2. The van der Waals surface area contributed by atoms with Gasteiger partial charge in [0.05, 0.1) is 28.7 Å². The van der Waals surface area contributed by atoms with Crippen molar-refractivity contribution in [1.82, 2.24) is 14.6 Å². The van der Waals surface area contributed by atoms with Crippen molar-refractivity contribution < 1.29 is 17.2 Å². The first kappa shape index (κ1) is 21.8. The molecule has 0 saturated heterocycles. The smallest absolute Gasteiger partial charge is 0.240 e. The van der Waals surface area contributed by atoms with E-state index in [1.54, 1.807) is 0 Å². The highest BCUT2D eigenvalue weighted by Crippen LogP contribution is 2.39. The number of nitrogen functional groups attached to an aromatic ring is 1. The number of nitrogens with two attached hydrogens (primary N) is 1. The summed E-state index contributed by atoms with van der Waals surface area (Å²) in [7, 11) is -4.06. The van der Waals surface area contributed by atoms with E-state index in [4.69, 9.17) is 5.73 Å². The maximum atomic E-state index is 12.8. The largest absolute Gasteiger partial charge is 0.396 e. The molecule has 4 N–H and O–H groups in total. The van der Waals surface area contributed by atoms with Crippen LogP contribution in [0.25, 0.3) is 10.9 Å². The number of alkyl halides is 2. The van der Waals surface area contributed by atoms with Crippen LogP contribution in [0.2, 0.25) is 0 Å². The number of fused-ring (bicyclic) bond motifs is 1. The molecule has 0 amide bonds. The molecule has 0 bridgehead atoms. The molecular formula is C21H27F2N5O2S. The molecule has 7 nitrogen and oxygen atoms in total. The summed E-state index contributed by atoms with van der Waals surface area (Å²) in [5.41, 5.74) is 10.1. The lowest BCUT2D eigenvalue weighted by Gasteiger charge is -2.22. The summed E-state index contributed by atoms with van der Waals surface area (Å²) in [6.07, 6.45) is 5.70. The highest BCUT2D eigenvalue weighted by molar-refractivity contribution is 7.93. The lowest BCUT2D eigenvalue weighted by atomic mass is 10.1. The molecule has 31 heavy (non-hydrogen) atoms. The topological polar surface area (TPSA) is 102 Å². The SMILES string of the molecule is Cc1ccc2c(N)c(C3=NCC(S(=O)(=O)NC(CF)CF)=CN3)n(C3CCCC3)c2c1. The fraction of sp³-hybridized carbons (Fsp3) is 0.476. The molecule has 2 heterocycles. The van der Waals surface area contributed by atoms with Crippen LogP contribution in [0.3, 0.4) is 0 Å². The quantitative estimate of drug-likeness (QED) is 0.602. The van der Waals surface area contributed by atoms with Crippen LogP contribution in [-0.4, -0.2) is 44.8 Å². The van der Waals surface area contributed by atoms with Crippen LogP contribution < -0.4 is 15.8 Å². The number of anilines is 1. The molecule has 10 heteroatoms. The van der Waals surface area contributed by atoms with Gasteiger partial charge in [0.25, 0.3) is 0 Å². The summed E-state index contributed by atoms with van der Waals surface area (Å²) in [4.78, 5) is 4.36. The lowest BCUT2D eigenvalue weighted by molar-refractivity contribution is 0.335. The normalized spacial score (nSPS) is 17.8. The van der Waals surface area contributed by atoms with Gasteiger partial charge in [0.1, 0.15) is 19.0 Å². The number of rotatable bonds is 7. The number of aromatic nitrogens is 1. The molecule has 1 aliphatic carbocycles. The van der Waals surface area contributed by atoms with Crippen LogP contribution in [0.4, 0.5) is 14.5 Å². The van der Waals surface area contributed by atoms with Crippen LogP contribution in [0.1, 0.15) is 43.0 Å². The van der Waals surface area contributed by atoms with Crippen LogP contribution in [-0.2, 0) is 10.0 Å². The summed E-state index contributed by atoms with van der Waals surface area (Å²) in [6.45, 7) is -0.356. The monoisotopic (exact) mass is 451 g/mol. The van der Waals surface area contributed by atoms with E-state index >= 15 is 0 Å². The van der Waals surface area contributed by atoms with E-state index in [9.17, 15) is 17.2 Å². The Kier molecular flexibility index (Phi) is 6.02. The number of aliphatic imine (C=N–C) groups is 1. The number of halogens is 2. The second-order valence-corrected chi connectivity index (χ2v) is 9.90. The molecule has 168 valence electrons. The Morgan fingerprint density at radius 2 is 2.00 bits per heavy atom. The predicted molar refractivity (Wildman–Crippen MR) is 119 cm³/mol. The van der Waals surface area contributed by atoms with Gasteiger partial charge in [0.15, 0.2) is 5.84 Å². The lowest BCUT2D eigenvalue weighted by Crippen LogP contribution is -2.40. The van der Waals surface area contributed by atoms with E-state index in [1.807, 2.05) is 23.8 Å². The maximum Gasteiger partial charge on any atom is 0.240 e. The van der Waals surface area contributed by atoms with Crippen molar-refractivity contribution in [2.75, 3.05) is 25.6 Å². The number of sulfonamides is 1. The average Bonchev–Trinajstić information content (AvgIpc) is 3.38. The Bertz CT molecular complexity index is 1150. The molecule has 1 aromatic heterocycles. The third-order valence-corrected chi connectivity index (χ3v) is 7.50. The molecule has 0 radical (unpaired) electrons. The Morgan fingerprint density at radius 1 is 1.29 bits per heavy atom. The van der Waals surface area contributed by atoms with Gasteiger partial charge in [-0.3, -0.25) is 4.99 Å². The van der Waals surface area contributed by atoms with Crippen molar-refractivity contribution in [3.8, 4) is 0 Å². The van der Waals surface area contributed by atoms with Crippen LogP contribution in [0.5, 0.6) is 0 Å². The van der Waals surface area contributed by atoms with Crippen LogP contribution in [0, 0.1) is 6.92 Å². The summed E-state index contributed by atoms with van der Waals surface area (Å²) in [5, 5.41) is 3.90. The first-order chi connectivity index (χ1) is 14.9. The van der Waals surface area contributed by atoms with Gasteiger partial charge < -0.3 is 15.6 Å². The predicted octanol–water partition coefficient (Wildman–Crippen LogP) is 3.07. The van der Waals surface area contributed by atoms with Gasteiger partial charge in [-0.05, 0) is 31.4 Å². The molecule has 1 saturated carbocycles. The molecule has 4 rings (SSSR count). The Balaban J connectivity index is 1.69. The van der Waals surface area contributed by atoms with Gasteiger partial charge in [0.2, 0.25) is 10.0 Å². The fourth-order valence-corrected chi connectivity index (χ4v) is 5.50. The minimum Gasteiger partial charge on any atom is -0.396 e. The van der Waals surface area contributed by atoms with E-state index in [-0.39, 0.29) is 11.4 Å². The third-order valence-electron chi connectivity index (χ3n) is 5.92. The maximum absolute atomic E-state index is 12.8. The van der Waals surface area contributed by atoms with E-state index < -0.39 is 29.4 Å². The van der Waals surface area contributed by atoms with Crippen molar-refractivity contribution in [3.05, 3.63) is 40.6 Å². The highest BCUT2D eigenvalue weighted by Gasteiger charge is 2.29. The van der Waals surface area contributed by atoms with Gasteiger partial charge in [-0.15, -0.1) is 0 Å². The first-order valence-electron chi connectivity index (χ1n) is 10.4. The summed E-state index contributed by atoms with van der Waals surface area (Å²) in [5.74, 6) is 0.490. The Labute approximate surface area is 180 Å². The van der Waals surface area contributed by atoms with Crippen molar-refractivity contribution in [3.63, 3.8) is 0 Å². The Morgan fingerprint density at radius 3 is 2.61 bits per heavy atom. The standard InChI is InChI=1S/C21H27F2N5O2S/c1-13-6-7-17-18(8-13)28(15-4-2-3-5-15)20(19(17)24)21-25-11-16(12-26-21)31(29,30)27-14(9-22)10-23/h6-8,11,14-15,27H,2-5,9-10,12,24H2,1H3,(H,25,26). The van der Waals surface area contributed by atoms with Crippen molar-refractivity contribution >= 4 is 32.4 Å².